The first kappa shape index (κ1) is 10.00. The molecule has 0 spiro atoms. The topological polar surface area (TPSA) is 35.5 Å². The highest BCUT2D eigenvalue weighted by Gasteiger charge is 2.65. The van der Waals surface area contributed by atoms with Crippen molar-refractivity contribution in [2.75, 3.05) is 13.7 Å². The van der Waals surface area contributed by atoms with E-state index in [1.807, 2.05) is 6.92 Å². The predicted octanol–water partition coefficient (Wildman–Crippen LogP) is 1.86. The fourth-order valence-corrected chi connectivity index (χ4v) is 4.21. The molecule has 0 N–H and O–H groups in total. The minimum absolute atomic E-state index is 0.00294. The highest BCUT2D eigenvalue weighted by molar-refractivity contribution is 9.11. The molecule has 15 heavy (non-hydrogen) atoms. The largest absolute Gasteiger partial charge is 0.346 e. The minimum Gasteiger partial charge on any atom is -0.346 e. The molecule has 0 aromatic heterocycles. The van der Waals surface area contributed by atoms with Gasteiger partial charge in [-0.1, -0.05) is 21.5 Å². The number of hydrogen-bond acceptors (Lipinski definition) is 3. The van der Waals surface area contributed by atoms with E-state index in [0.717, 1.165) is 10.9 Å². The molecular formula is C11H13BrO3. The van der Waals surface area contributed by atoms with Crippen molar-refractivity contribution in [2.24, 2.45) is 17.8 Å². The molecule has 0 unspecified atom stereocenters. The summed E-state index contributed by atoms with van der Waals surface area (Å²) in [5.74, 6) is -0.349. The number of rotatable bonds is 1. The van der Waals surface area contributed by atoms with Crippen LogP contribution in [-0.2, 0) is 14.3 Å². The number of allylic oxidation sites excluding steroid dienone is 1. The van der Waals surface area contributed by atoms with Crippen molar-refractivity contribution in [2.45, 2.75) is 19.1 Å². The second kappa shape index (κ2) is 2.93. The highest BCUT2D eigenvalue weighted by atomic mass is 79.9. The number of halogens is 1. The van der Waals surface area contributed by atoms with Gasteiger partial charge in [0.2, 0.25) is 5.79 Å². The molecule has 1 saturated carbocycles. The fraction of sp³-hybridized carbons (Fsp3) is 0.727. The lowest BCUT2D eigenvalue weighted by atomic mass is 9.64. The number of carbonyl (C=O) groups is 1. The van der Waals surface area contributed by atoms with Crippen LogP contribution in [0, 0.1) is 17.8 Å². The number of methoxy groups -OCH3 is 1. The number of carbonyl (C=O) groups excluding carboxylic acids is 1. The van der Waals surface area contributed by atoms with Crippen molar-refractivity contribution in [1.29, 1.82) is 0 Å². The maximum absolute atomic E-state index is 12.2. The molecule has 1 heterocycles. The van der Waals surface area contributed by atoms with E-state index in [4.69, 9.17) is 9.47 Å². The van der Waals surface area contributed by atoms with Crippen LogP contribution in [-0.4, -0.2) is 25.3 Å². The molecule has 4 bridgehead atoms. The van der Waals surface area contributed by atoms with Crippen LogP contribution in [0.4, 0.5) is 0 Å². The van der Waals surface area contributed by atoms with Crippen LogP contribution in [0.15, 0.2) is 10.1 Å². The van der Waals surface area contributed by atoms with Crippen molar-refractivity contribution in [1.82, 2.24) is 0 Å². The first-order valence-corrected chi connectivity index (χ1v) is 6.00. The van der Waals surface area contributed by atoms with Gasteiger partial charge in [-0.25, -0.2) is 0 Å². The zero-order chi connectivity index (χ0) is 10.8. The van der Waals surface area contributed by atoms with Gasteiger partial charge in [-0.2, -0.15) is 0 Å². The number of ketones is 1. The molecule has 2 fully saturated rings. The van der Waals surface area contributed by atoms with Crippen molar-refractivity contribution >= 4 is 21.7 Å². The molecule has 0 amide bonds. The van der Waals surface area contributed by atoms with E-state index in [0.29, 0.717) is 12.5 Å². The van der Waals surface area contributed by atoms with E-state index in [-0.39, 0.29) is 17.6 Å². The minimum atomic E-state index is -0.980. The SMILES string of the molecule is CO[C@]12OC[C@@H]3C[C@H](C1=O)C(C)=C(Br)[C@@H]32. The zero-order valence-electron chi connectivity index (χ0n) is 8.75. The summed E-state index contributed by atoms with van der Waals surface area (Å²) in [7, 11) is 1.57. The van der Waals surface area contributed by atoms with Gasteiger partial charge in [-0.3, -0.25) is 4.79 Å². The van der Waals surface area contributed by atoms with Gasteiger partial charge in [0.1, 0.15) is 0 Å². The lowest BCUT2D eigenvalue weighted by Gasteiger charge is -2.45. The zero-order valence-corrected chi connectivity index (χ0v) is 10.3. The third-order valence-electron chi connectivity index (χ3n) is 4.07. The van der Waals surface area contributed by atoms with Crippen LogP contribution in [0.2, 0.25) is 0 Å². The Labute approximate surface area is 96.9 Å². The molecule has 3 nitrogen and oxygen atoms in total. The monoisotopic (exact) mass is 272 g/mol. The summed E-state index contributed by atoms with van der Waals surface area (Å²) < 4.78 is 12.2. The summed E-state index contributed by atoms with van der Waals surface area (Å²) in [6.45, 7) is 2.67. The van der Waals surface area contributed by atoms with E-state index in [2.05, 4.69) is 15.9 Å². The molecule has 4 atom stereocenters. The normalized spacial score (nSPS) is 47.9. The summed E-state index contributed by atoms with van der Waals surface area (Å²) >= 11 is 3.60. The van der Waals surface area contributed by atoms with Crippen LogP contribution >= 0.6 is 15.9 Å². The lowest BCUT2D eigenvalue weighted by Crippen LogP contribution is -2.56. The quantitative estimate of drug-likeness (QED) is 0.731. The summed E-state index contributed by atoms with van der Waals surface area (Å²) in [6.07, 6.45) is 0.926. The Morgan fingerprint density at radius 3 is 3.00 bits per heavy atom. The molecule has 0 aromatic carbocycles. The van der Waals surface area contributed by atoms with Gasteiger partial charge in [0.25, 0.3) is 0 Å². The second-order valence-electron chi connectivity index (χ2n) is 4.60. The molecule has 3 aliphatic carbocycles. The van der Waals surface area contributed by atoms with Gasteiger partial charge in [0.15, 0.2) is 5.78 Å². The molecular weight excluding hydrogens is 260 g/mol. The van der Waals surface area contributed by atoms with Crippen molar-refractivity contribution < 1.29 is 14.3 Å². The Bertz CT molecular complexity index is 376. The Balaban J connectivity index is 2.20. The molecule has 1 saturated heterocycles. The van der Waals surface area contributed by atoms with Crippen molar-refractivity contribution in [3.05, 3.63) is 10.1 Å². The molecule has 1 aliphatic heterocycles. The predicted molar refractivity (Wildman–Crippen MR) is 57.4 cm³/mol. The molecule has 4 rings (SSSR count). The molecule has 0 radical (unpaired) electrons. The van der Waals surface area contributed by atoms with Crippen LogP contribution in [0.5, 0.6) is 0 Å². The van der Waals surface area contributed by atoms with Gasteiger partial charge in [0, 0.05) is 17.5 Å². The van der Waals surface area contributed by atoms with E-state index in [1.165, 1.54) is 5.57 Å². The number of Topliss-reactive ketones (excluding diaryl/α,β-unsaturated/α-hetero) is 1. The maximum Gasteiger partial charge on any atom is 0.237 e. The average molecular weight is 273 g/mol. The summed E-state index contributed by atoms with van der Waals surface area (Å²) in [5, 5.41) is 0. The van der Waals surface area contributed by atoms with Crippen LogP contribution in [0.1, 0.15) is 13.3 Å². The first-order valence-electron chi connectivity index (χ1n) is 5.21. The molecule has 4 aliphatic rings. The number of ether oxygens (including phenoxy) is 2. The van der Waals surface area contributed by atoms with Gasteiger partial charge >= 0.3 is 0 Å². The van der Waals surface area contributed by atoms with Crippen molar-refractivity contribution in [3.63, 3.8) is 0 Å². The molecule has 0 aromatic rings. The fourth-order valence-electron chi connectivity index (χ4n) is 3.25. The molecule has 82 valence electrons. The highest BCUT2D eigenvalue weighted by Crippen LogP contribution is 2.58. The third-order valence-corrected chi connectivity index (χ3v) is 5.19. The van der Waals surface area contributed by atoms with Gasteiger partial charge in [-0.05, 0) is 19.3 Å². The van der Waals surface area contributed by atoms with E-state index < -0.39 is 5.79 Å². The summed E-state index contributed by atoms with van der Waals surface area (Å²) in [6, 6.07) is 0. The Kier molecular flexibility index (Phi) is 1.95. The summed E-state index contributed by atoms with van der Waals surface area (Å²) in [4.78, 5) is 12.2. The average Bonchev–Trinajstić information content (AvgIpc) is 2.56. The molecule has 4 heteroatoms. The summed E-state index contributed by atoms with van der Waals surface area (Å²) in [5.41, 5.74) is 1.17. The van der Waals surface area contributed by atoms with Gasteiger partial charge in [-0.15, -0.1) is 0 Å². The second-order valence-corrected chi connectivity index (χ2v) is 5.46. The van der Waals surface area contributed by atoms with E-state index in [9.17, 15) is 4.79 Å². The Hall–Kier alpha value is -0.190. The van der Waals surface area contributed by atoms with Gasteiger partial charge in [0.05, 0.1) is 12.5 Å². The Morgan fingerprint density at radius 1 is 1.60 bits per heavy atom. The maximum atomic E-state index is 12.2. The Morgan fingerprint density at radius 2 is 2.33 bits per heavy atom. The van der Waals surface area contributed by atoms with Crippen LogP contribution in [0.3, 0.4) is 0 Å². The first-order chi connectivity index (χ1) is 7.12. The van der Waals surface area contributed by atoms with Crippen LogP contribution in [0.25, 0.3) is 0 Å². The third kappa shape index (κ3) is 0.959. The standard InChI is InChI=1S/C11H13BrO3/c1-5-7-3-6-4-15-11(14-2,10(7)13)8(6)9(5)12/h6-8H,3-4H2,1-2H3/t6-,7-,8+,11+/m0/s1. The van der Waals surface area contributed by atoms with E-state index >= 15 is 0 Å². The van der Waals surface area contributed by atoms with Gasteiger partial charge < -0.3 is 9.47 Å². The smallest absolute Gasteiger partial charge is 0.237 e. The number of hydrogen-bond donors (Lipinski definition) is 0. The lowest BCUT2D eigenvalue weighted by molar-refractivity contribution is -0.215. The van der Waals surface area contributed by atoms with Crippen LogP contribution < -0.4 is 0 Å². The van der Waals surface area contributed by atoms with Crippen molar-refractivity contribution in [3.8, 4) is 0 Å². The van der Waals surface area contributed by atoms with E-state index in [1.54, 1.807) is 7.11 Å².